The van der Waals surface area contributed by atoms with Crippen LogP contribution in [0.25, 0.3) is 11.0 Å². The van der Waals surface area contributed by atoms with E-state index in [1.807, 2.05) is 55.9 Å². The molecule has 0 saturated heterocycles. The molecule has 0 bridgehead atoms. The summed E-state index contributed by atoms with van der Waals surface area (Å²) < 4.78 is 4.09. The molecule has 1 atom stereocenters. The fourth-order valence-corrected chi connectivity index (χ4v) is 3.55. The maximum Gasteiger partial charge on any atom is 0.224 e. The summed E-state index contributed by atoms with van der Waals surface area (Å²) in [4.78, 5) is 21.2. The van der Waals surface area contributed by atoms with E-state index in [0.717, 1.165) is 27.8 Å². The quantitative estimate of drug-likeness (QED) is 0.521. The molecule has 1 amide bonds. The highest BCUT2D eigenvalue weighted by molar-refractivity contribution is 7.99. The number of amides is 1. The third kappa shape index (κ3) is 4.04. The number of imidazole rings is 2. The number of rotatable bonds is 7. The average molecular weight is 357 g/mol. The minimum atomic E-state index is -0.116. The van der Waals surface area contributed by atoms with Gasteiger partial charge in [0.05, 0.1) is 17.0 Å². The lowest BCUT2D eigenvalue weighted by molar-refractivity contribution is -0.124. The van der Waals surface area contributed by atoms with Crippen molar-refractivity contribution < 1.29 is 4.79 Å². The monoisotopic (exact) mass is 357 g/mol. The van der Waals surface area contributed by atoms with Gasteiger partial charge in [0.25, 0.3) is 0 Å². The number of aromatic nitrogens is 4. The normalized spacial score (nSPS) is 12.4. The number of para-hydroxylation sites is 2. The van der Waals surface area contributed by atoms with Gasteiger partial charge >= 0.3 is 0 Å². The van der Waals surface area contributed by atoms with Crippen LogP contribution in [-0.4, -0.2) is 37.3 Å². The van der Waals surface area contributed by atoms with E-state index in [1.165, 1.54) is 0 Å². The van der Waals surface area contributed by atoms with Gasteiger partial charge in [0, 0.05) is 38.3 Å². The van der Waals surface area contributed by atoms with Crippen molar-refractivity contribution in [1.29, 1.82) is 0 Å². The Kier molecular flexibility index (Phi) is 5.43. The molecule has 0 aliphatic carbocycles. The van der Waals surface area contributed by atoms with Crippen molar-refractivity contribution in [3.63, 3.8) is 0 Å². The van der Waals surface area contributed by atoms with Gasteiger partial charge in [-0.05, 0) is 19.1 Å². The first-order chi connectivity index (χ1) is 12.1. The molecule has 2 heterocycles. The molecular weight excluding hydrogens is 334 g/mol. The van der Waals surface area contributed by atoms with E-state index < -0.39 is 0 Å². The van der Waals surface area contributed by atoms with Crippen molar-refractivity contribution in [3.05, 3.63) is 42.5 Å². The molecule has 0 spiro atoms. The first-order valence-corrected chi connectivity index (χ1v) is 9.34. The van der Waals surface area contributed by atoms with Gasteiger partial charge in [-0.15, -0.1) is 0 Å². The minimum absolute atomic E-state index is 0.0672. The number of thioether (sulfide) groups is 1. The Morgan fingerprint density at radius 3 is 2.92 bits per heavy atom. The molecule has 0 aliphatic heterocycles. The number of nitrogens with one attached hydrogen (secondary N) is 1. The highest BCUT2D eigenvalue weighted by Gasteiger charge is 2.16. The van der Waals surface area contributed by atoms with Crippen molar-refractivity contribution in [2.24, 2.45) is 13.0 Å². The second-order valence-corrected chi connectivity index (χ2v) is 7.18. The molecule has 1 aromatic carbocycles. The number of aryl methyl sites for hydroxylation is 2. The van der Waals surface area contributed by atoms with Crippen LogP contribution in [0.3, 0.4) is 0 Å². The van der Waals surface area contributed by atoms with Gasteiger partial charge in [-0.1, -0.05) is 30.8 Å². The van der Waals surface area contributed by atoms with Crippen LogP contribution >= 0.6 is 11.8 Å². The van der Waals surface area contributed by atoms with E-state index in [0.29, 0.717) is 13.1 Å². The van der Waals surface area contributed by atoms with Gasteiger partial charge in [0.2, 0.25) is 5.91 Å². The van der Waals surface area contributed by atoms with Crippen LogP contribution in [0.5, 0.6) is 0 Å². The minimum Gasteiger partial charge on any atom is -0.355 e. The van der Waals surface area contributed by atoms with Crippen molar-refractivity contribution in [3.8, 4) is 0 Å². The summed E-state index contributed by atoms with van der Waals surface area (Å²) in [6, 6.07) is 8.02. The molecule has 132 valence electrons. The van der Waals surface area contributed by atoms with E-state index >= 15 is 0 Å². The van der Waals surface area contributed by atoms with Gasteiger partial charge in [0.1, 0.15) is 5.82 Å². The first-order valence-electron chi connectivity index (χ1n) is 8.36. The Bertz CT molecular complexity index is 869. The molecule has 1 N–H and O–H groups in total. The molecule has 25 heavy (non-hydrogen) atoms. The second kappa shape index (κ2) is 7.74. The van der Waals surface area contributed by atoms with Crippen LogP contribution in [0, 0.1) is 12.8 Å². The predicted molar refractivity (Wildman–Crippen MR) is 101 cm³/mol. The van der Waals surface area contributed by atoms with E-state index in [-0.39, 0.29) is 11.8 Å². The summed E-state index contributed by atoms with van der Waals surface area (Å²) in [7, 11) is 1.97. The standard InChI is InChI=1S/C18H23N5OS/c1-13(12-23-14(2)21-15-6-4-5-7-16(15)23)17(24)19-9-11-25-18-20-8-10-22(18)3/h4-8,10,13H,9,11-12H2,1-3H3,(H,19,24)/t13-/m0/s1. The zero-order valence-electron chi connectivity index (χ0n) is 14.8. The molecule has 7 heteroatoms. The smallest absolute Gasteiger partial charge is 0.224 e. The third-order valence-corrected chi connectivity index (χ3v) is 5.22. The SMILES string of the molecule is Cc1nc2ccccc2n1C[C@H](C)C(=O)NCCSc1nccn1C. The van der Waals surface area contributed by atoms with E-state index in [2.05, 4.69) is 19.9 Å². The van der Waals surface area contributed by atoms with Gasteiger partial charge in [-0.2, -0.15) is 0 Å². The number of carbonyl (C=O) groups is 1. The number of nitrogens with zero attached hydrogens (tertiary/aromatic N) is 4. The first kappa shape index (κ1) is 17.5. The molecule has 0 unspecified atom stereocenters. The summed E-state index contributed by atoms with van der Waals surface area (Å²) in [6.07, 6.45) is 3.70. The van der Waals surface area contributed by atoms with Crippen LogP contribution < -0.4 is 5.32 Å². The number of fused-ring (bicyclic) bond motifs is 1. The zero-order chi connectivity index (χ0) is 17.8. The molecule has 3 aromatic rings. The highest BCUT2D eigenvalue weighted by Crippen LogP contribution is 2.17. The lowest BCUT2D eigenvalue weighted by Gasteiger charge is -2.14. The molecule has 6 nitrogen and oxygen atoms in total. The molecule has 2 aromatic heterocycles. The Balaban J connectivity index is 1.52. The van der Waals surface area contributed by atoms with Crippen LogP contribution in [-0.2, 0) is 18.4 Å². The largest absolute Gasteiger partial charge is 0.355 e. The molecule has 0 fully saturated rings. The molecule has 0 radical (unpaired) electrons. The number of hydrogen-bond donors (Lipinski definition) is 1. The predicted octanol–water partition coefficient (Wildman–Crippen LogP) is 2.62. The lowest BCUT2D eigenvalue weighted by Crippen LogP contribution is -2.33. The van der Waals surface area contributed by atoms with Gasteiger partial charge in [0.15, 0.2) is 5.16 Å². The Hall–Kier alpha value is -2.28. The number of benzene rings is 1. The van der Waals surface area contributed by atoms with Crippen LogP contribution in [0.15, 0.2) is 41.8 Å². The van der Waals surface area contributed by atoms with Crippen LogP contribution in [0.4, 0.5) is 0 Å². The Morgan fingerprint density at radius 2 is 2.16 bits per heavy atom. The molecule has 0 aliphatic rings. The van der Waals surface area contributed by atoms with Crippen molar-refractivity contribution in [2.75, 3.05) is 12.3 Å². The maximum atomic E-state index is 12.4. The fourth-order valence-electron chi connectivity index (χ4n) is 2.76. The van der Waals surface area contributed by atoms with E-state index in [9.17, 15) is 4.79 Å². The van der Waals surface area contributed by atoms with Crippen molar-refractivity contribution >= 4 is 28.7 Å². The summed E-state index contributed by atoms with van der Waals surface area (Å²) >= 11 is 1.64. The lowest BCUT2D eigenvalue weighted by atomic mass is 10.1. The second-order valence-electron chi connectivity index (χ2n) is 6.12. The zero-order valence-corrected chi connectivity index (χ0v) is 15.6. The summed E-state index contributed by atoms with van der Waals surface area (Å²) in [6.45, 7) is 5.19. The van der Waals surface area contributed by atoms with Gasteiger partial charge in [-0.25, -0.2) is 9.97 Å². The van der Waals surface area contributed by atoms with Crippen LogP contribution in [0.2, 0.25) is 0 Å². The van der Waals surface area contributed by atoms with E-state index in [1.54, 1.807) is 18.0 Å². The van der Waals surface area contributed by atoms with Gasteiger partial charge < -0.3 is 14.5 Å². The Labute approximate surface area is 151 Å². The highest BCUT2D eigenvalue weighted by atomic mass is 32.2. The summed E-state index contributed by atoms with van der Waals surface area (Å²) in [5.74, 6) is 1.69. The molecule has 0 saturated carbocycles. The van der Waals surface area contributed by atoms with Crippen LogP contribution in [0.1, 0.15) is 12.7 Å². The average Bonchev–Trinajstić information content (AvgIpc) is 3.15. The van der Waals surface area contributed by atoms with E-state index in [4.69, 9.17) is 0 Å². The Morgan fingerprint density at radius 1 is 1.36 bits per heavy atom. The van der Waals surface area contributed by atoms with Crippen molar-refractivity contribution in [1.82, 2.24) is 24.4 Å². The molecular formula is C18H23N5OS. The third-order valence-electron chi connectivity index (χ3n) is 4.16. The summed E-state index contributed by atoms with van der Waals surface area (Å²) in [5, 5.41) is 3.97. The summed E-state index contributed by atoms with van der Waals surface area (Å²) in [5.41, 5.74) is 2.05. The number of carbonyl (C=O) groups excluding carboxylic acids is 1. The molecule has 3 rings (SSSR count). The maximum absolute atomic E-state index is 12.4. The number of hydrogen-bond acceptors (Lipinski definition) is 4. The van der Waals surface area contributed by atoms with Gasteiger partial charge in [-0.3, -0.25) is 4.79 Å². The van der Waals surface area contributed by atoms with Crippen molar-refractivity contribution in [2.45, 2.75) is 25.5 Å². The fraction of sp³-hybridized carbons (Fsp3) is 0.389. The topological polar surface area (TPSA) is 64.7 Å².